The second kappa shape index (κ2) is 11.5. The molecule has 5 rings (SSSR count). The van der Waals surface area contributed by atoms with Gasteiger partial charge in [0.1, 0.15) is 70.6 Å². The van der Waals surface area contributed by atoms with Crippen LogP contribution in [-0.2, 0) is 14.2 Å². The van der Waals surface area contributed by atoms with Crippen molar-refractivity contribution in [3.8, 4) is 28.6 Å². The predicted molar refractivity (Wildman–Crippen MR) is 137 cm³/mol. The van der Waals surface area contributed by atoms with Gasteiger partial charge in [0, 0.05) is 23.8 Å². The first kappa shape index (κ1) is 29.2. The van der Waals surface area contributed by atoms with E-state index in [2.05, 4.69) is 0 Å². The van der Waals surface area contributed by atoms with Crippen LogP contribution in [0.5, 0.6) is 17.2 Å². The second-order valence-corrected chi connectivity index (χ2v) is 9.94. The molecule has 3 aromatic rings. The monoisotopic (exact) mass is 578 g/mol. The first-order chi connectivity index (χ1) is 19.5. The van der Waals surface area contributed by atoms with Crippen LogP contribution in [0.4, 0.5) is 0 Å². The van der Waals surface area contributed by atoms with Gasteiger partial charge in [-0.2, -0.15) is 0 Å². The van der Waals surface area contributed by atoms with Crippen molar-refractivity contribution < 1.29 is 64.2 Å². The molecule has 0 aliphatic carbocycles. The average molecular weight is 579 g/mol. The first-order valence-corrected chi connectivity index (χ1v) is 12.7. The van der Waals surface area contributed by atoms with Crippen LogP contribution in [0.15, 0.2) is 51.7 Å². The summed E-state index contributed by atoms with van der Waals surface area (Å²) in [5.41, 5.74) is -0.182. The molecule has 0 spiro atoms. The number of fused-ring (bicyclic) bond motifs is 1. The maximum Gasteiger partial charge on any atom is 0.229 e. The summed E-state index contributed by atoms with van der Waals surface area (Å²) in [6, 6.07) is 9.38. The molecule has 0 amide bonds. The Morgan fingerprint density at radius 1 is 0.829 bits per heavy atom. The number of phenols is 2. The molecule has 1 aromatic heterocycles. The molecule has 8 N–H and O–H groups in total. The number of phenolic OH excluding ortho intramolecular Hbond substituents is 2. The maximum atomic E-state index is 12.8. The SMILES string of the molecule is C[C@H]1O[C@@H](O[C@H]2[C@@H](Oc3cc(O)c4c(=O)cc(-c5ccc(O)cc5)oc4c3)O[C@@H](CO)[C@H](O)[C@H]2O)[C@H](O)[C@H](O)[C@H]1O. The van der Waals surface area contributed by atoms with E-state index in [0.717, 1.165) is 6.07 Å². The van der Waals surface area contributed by atoms with Gasteiger partial charge in [-0.3, -0.25) is 4.79 Å². The minimum atomic E-state index is -1.76. The molecule has 2 fully saturated rings. The van der Waals surface area contributed by atoms with E-state index in [1.807, 2.05) is 0 Å². The zero-order chi connectivity index (χ0) is 29.6. The summed E-state index contributed by atoms with van der Waals surface area (Å²) in [5.74, 6) is -0.498. The lowest BCUT2D eigenvalue weighted by Crippen LogP contribution is -2.64. The van der Waals surface area contributed by atoms with Crippen LogP contribution in [0.25, 0.3) is 22.3 Å². The van der Waals surface area contributed by atoms with E-state index in [9.17, 15) is 45.6 Å². The summed E-state index contributed by atoms with van der Waals surface area (Å²) >= 11 is 0. The first-order valence-electron chi connectivity index (χ1n) is 12.7. The highest BCUT2D eigenvalue weighted by molar-refractivity contribution is 5.86. The Morgan fingerprint density at radius 2 is 1.54 bits per heavy atom. The molecule has 2 aliphatic rings. The van der Waals surface area contributed by atoms with Crippen LogP contribution >= 0.6 is 0 Å². The van der Waals surface area contributed by atoms with Crippen LogP contribution in [0.2, 0.25) is 0 Å². The highest BCUT2D eigenvalue weighted by atomic mass is 16.8. The average Bonchev–Trinajstić information content (AvgIpc) is 2.94. The quantitative estimate of drug-likeness (QED) is 0.174. The Morgan fingerprint density at radius 3 is 2.22 bits per heavy atom. The Balaban J connectivity index is 1.47. The molecule has 2 aliphatic heterocycles. The van der Waals surface area contributed by atoms with Gasteiger partial charge in [-0.25, -0.2) is 0 Å². The van der Waals surface area contributed by atoms with Crippen LogP contribution in [0.1, 0.15) is 6.92 Å². The van der Waals surface area contributed by atoms with Gasteiger partial charge in [0.05, 0.1) is 12.7 Å². The van der Waals surface area contributed by atoms with Gasteiger partial charge >= 0.3 is 0 Å². The summed E-state index contributed by atoms with van der Waals surface area (Å²) in [6.45, 7) is 0.704. The van der Waals surface area contributed by atoms with Crippen molar-refractivity contribution >= 4 is 11.0 Å². The second-order valence-electron chi connectivity index (χ2n) is 9.94. The molecule has 14 heteroatoms. The summed E-state index contributed by atoms with van der Waals surface area (Å²) in [5, 5.41) is 81.4. The van der Waals surface area contributed by atoms with Gasteiger partial charge in [-0.05, 0) is 31.2 Å². The molecular weight excluding hydrogens is 548 g/mol. The van der Waals surface area contributed by atoms with Crippen LogP contribution in [0, 0.1) is 0 Å². The number of aromatic hydroxyl groups is 2. The normalized spacial score (nSPS) is 34.0. The Labute approximate surface area is 231 Å². The smallest absolute Gasteiger partial charge is 0.229 e. The van der Waals surface area contributed by atoms with Gasteiger partial charge in [-0.1, -0.05) is 0 Å². The fourth-order valence-corrected chi connectivity index (χ4v) is 4.79. The van der Waals surface area contributed by atoms with Gasteiger partial charge in [0.2, 0.25) is 6.29 Å². The zero-order valence-electron chi connectivity index (χ0n) is 21.5. The molecule has 2 saturated heterocycles. The molecule has 0 saturated carbocycles. The Bertz CT molecular complexity index is 1420. The minimum Gasteiger partial charge on any atom is -0.508 e. The highest BCUT2D eigenvalue weighted by Crippen LogP contribution is 2.35. The van der Waals surface area contributed by atoms with E-state index < -0.39 is 79.2 Å². The van der Waals surface area contributed by atoms with Crippen molar-refractivity contribution in [1.82, 2.24) is 0 Å². The molecule has 222 valence electrons. The van der Waals surface area contributed by atoms with Gasteiger partial charge < -0.3 is 64.2 Å². The molecule has 10 atom stereocenters. The molecule has 0 bridgehead atoms. The van der Waals surface area contributed by atoms with Crippen LogP contribution < -0.4 is 10.2 Å². The number of aliphatic hydroxyl groups excluding tert-OH is 6. The molecule has 3 heterocycles. The third kappa shape index (κ3) is 5.61. The largest absolute Gasteiger partial charge is 0.508 e. The van der Waals surface area contributed by atoms with Crippen LogP contribution in [-0.4, -0.2) is 109 Å². The predicted octanol–water partition coefficient (Wildman–Crippen LogP) is -1.10. The van der Waals surface area contributed by atoms with E-state index in [4.69, 9.17) is 23.4 Å². The molecular formula is C27H30O14. The van der Waals surface area contributed by atoms with Gasteiger partial charge in [0.15, 0.2) is 17.8 Å². The Hall–Kier alpha value is -3.31. The molecule has 14 nitrogen and oxygen atoms in total. The van der Waals surface area contributed by atoms with E-state index in [0.29, 0.717) is 5.56 Å². The van der Waals surface area contributed by atoms with Crippen molar-refractivity contribution in [3.05, 3.63) is 52.7 Å². The lowest BCUT2D eigenvalue weighted by Gasteiger charge is -2.45. The number of rotatable bonds is 6. The van der Waals surface area contributed by atoms with Crippen LogP contribution in [0.3, 0.4) is 0 Å². The number of benzene rings is 2. The summed E-state index contributed by atoms with van der Waals surface area (Å²) < 4.78 is 28.4. The summed E-state index contributed by atoms with van der Waals surface area (Å²) in [7, 11) is 0. The van der Waals surface area contributed by atoms with Crippen molar-refractivity contribution in [2.24, 2.45) is 0 Å². The van der Waals surface area contributed by atoms with Crippen molar-refractivity contribution in [1.29, 1.82) is 0 Å². The van der Waals surface area contributed by atoms with Crippen molar-refractivity contribution in [2.45, 2.75) is 68.3 Å². The number of aliphatic hydroxyl groups is 6. The number of ether oxygens (including phenoxy) is 4. The third-order valence-corrected chi connectivity index (χ3v) is 7.11. The topological polar surface area (TPSA) is 229 Å². The van der Waals surface area contributed by atoms with E-state index in [1.54, 1.807) is 0 Å². The number of hydrogen-bond acceptors (Lipinski definition) is 14. The van der Waals surface area contributed by atoms with E-state index >= 15 is 0 Å². The lowest BCUT2D eigenvalue weighted by atomic mass is 9.97. The van der Waals surface area contributed by atoms with Gasteiger partial charge in [0.25, 0.3) is 0 Å². The fourth-order valence-electron chi connectivity index (χ4n) is 4.79. The fraction of sp³-hybridized carbons (Fsp3) is 0.444. The van der Waals surface area contributed by atoms with Gasteiger partial charge in [-0.15, -0.1) is 0 Å². The maximum absolute atomic E-state index is 12.8. The van der Waals surface area contributed by atoms with Crippen molar-refractivity contribution in [3.63, 3.8) is 0 Å². The third-order valence-electron chi connectivity index (χ3n) is 7.11. The summed E-state index contributed by atoms with van der Waals surface area (Å²) in [6.07, 6.45) is -15.3. The van der Waals surface area contributed by atoms with E-state index in [1.165, 1.54) is 43.3 Å². The van der Waals surface area contributed by atoms with Crippen molar-refractivity contribution in [2.75, 3.05) is 6.61 Å². The molecule has 0 unspecified atom stereocenters. The standard InChI is InChI=1S/C27H30O14/c1-10-20(32)22(34)24(36)26(37-10)41-25-23(35)21(33)18(9-28)40-27(25)38-13-6-14(30)19-15(31)8-16(39-17(19)7-13)11-2-4-12(29)5-3-11/h2-8,10,18,20-30,32-36H,9H2,1H3/t10-,18+,20+,21+,22-,23-,24-,25-,26+,27+/m1/s1. The van der Waals surface area contributed by atoms with E-state index in [-0.39, 0.29) is 28.2 Å². The minimum absolute atomic E-state index is 0.00857. The Kier molecular flexibility index (Phi) is 8.20. The highest BCUT2D eigenvalue weighted by Gasteiger charge is 2.50. The molecule has 41 heavy (non-hydrogen) atoms. The molecule has 2 aromatic carbocycles. The zero-order valence-corrected chi connectivity index (χ0v) is 21.5. The molecule has 0 radical (unpaired) electrons. The number of hydrogen-bond donors (Lipinski definition) is 8. The summed E-state index contributed by atoms with van der Waals surface area (Å²) in [4.78, 5) is 12.8. The lowest BCUT2D eigenvalue weighted by molar-refractivity contribution is -0.354.